The normalized spacial score (nSPS) is 10.4. The quantitative estimate of drug-likeness (QED) is 0.752. The Morgan fingerprint density at radius 3 is 2.25 bits per heavy atom. The lowest BCUT2D eigenvalue weighted by Crippen LogP contribution is -1.92. The van der Waals surface area contributed by atoms with Gasteiger partial charge in [0, 0.05) is 4.90 Å². The maximum atomic E-state index is 4.46. The highest BCUT2D eigenvalue weighted by Gasteiger charge is 1.98. The molecule has 0 bridgehead atoms. The molecule has 0 aliphatic heterocycles. The van der Waals surface area contributed by atoms with Crippen LogP contribution in [0.4, 0.5) is 0 Å². The van der Waals surface area contributed by atoms with E-state index in [0.717, 1.165) is 17.7 Å². The molecule has 0 saturated heterocycles. The number of aryl methyl sites for hydroxylation is 3. The summed E-state index contributed by atoms with van der Waals surface area (Å²) in [6, 6.07) is 17.0. The molecule has 16 heavy (non-hydrogen) atoms. The van der Waals surface area contributed by atoms with Gasteiger partial charge < -0.3 is 0 Å². The topological polar surface area (TPSA) is 0 Å². The van der Waals surface area contributed by atoms with E-state index < -0.39 is 0 Å². The van der Waals surface area contributed by atoms with Crippen LogP contribution in [0.15, 0.2) is 53.4 Å². The predicted octanol–water partition coefficient (Wildman–Crippen LogP) is 4.07. The molecule has 0 nitrogen and oxygen atoms in total. The van der Waals surface area contributed by atoms with Crippen molar-refractivity contribution in [3.63, 3.8) is 0 Å². The Hall–Kier alpha value is -1.21. The highest BCUT2D eigenvalue weighted by molar-refractivity contribution is 7.80. The lowest BCUT2D eigenvalue weighted by molar-refractivity contribution is 0.935. The molecule has 0 spiro atoms. The Balaban J connectivity index is 2.02. The smallest absolute Gasteiger partial charge is 0.00721 e. The van der Waals surface area contributed by atoms with Crippen LogP contribution in [0, 0.1) is 6.92 Å². The van der Waals surface area contributed by atoms with E-state index in [1.165, 1.54) is 16.7 Å². The van der Waals surface area contributed by atoms with E-state index in [0.29, 0.717) is 0 Å². The van der Waals surface area contributed by atoms with Gasteiger partial charge in [-0.25, -0.2) is 0 Å². The SMILES string of the molecule is Cc1ccc(CCc2ccccc2S)cc1. The number of benzene rings is 2. The third-order valence-corrected chi connectivity index (χ3v) is 3.23. The van der Waals surface area contributed by atoms with Gasteiger partial charge in [-0.3, -0.25) is 0 Å². The summed E-state index contributed by atoms with van der Waals surface area (Å²) in [5.74, 6) is 0. The Labute approximate surface area is 103 Å². The first-order chi connectivity index (χ1) is 7.75. The van der Waals surface area contributed by atoms with Crippen LogP contribution >= 0.6 is 12.6 Å². The summed E-state index contributed by atoms with van der Waals surface area (Å²) in [7, 11) is 0. The first kappa shape index (κ1) is 11.3. The minimum absolute atomic E-state index is 1.06. The molecule has 0 radical (unpaired) electrons. The third-order valence-electron chi connectivity index (χ3n) is 2.80. The van der Waals surface area contributed by atoms with Gasteiger partial charge in [-0.05, 0) is 37.0 Å². The van der Waals surface area contributed by atoms with Crippen LogP contribution < -0.4 is 0 Å². The van der Waals surface area contributed by atoms with E-state index >= 15 is 0 Å². The molecule has 82 valence electrons. The zero-order valence-electron chi connectivity index (χ0n) is 9.48. The average molecular weight is 228 g/mol. The second-order valence-corrected chi connectivity index (χ2v) is 4.60. The minimum Gasteiger partial charge on any atom is -0.143 e. The first-order valence-electron chi connectivity index (χ1n) is 5.58. The van der Waals surface area contributed by atoms with Gasteiger partial charge in [0.25, 0.3) is 0 Å². The summed E-state index contributed by atoms with van der Waals surface area (Å²) < 4.78 is 0. The largest absolute Gasteiger partial charge is 0.143 e. The Morgan fingerprint density at radius 2 is 1.56 bits per heavy atom. The standard InChI is InChI=1S/C15H16S/c1-12-6-8-13(9-7-12)10-11-14-4-2-3-5-15(14)16/h2-9,16H,10-11H2,1H3. The van der Waals surface area contributed by atoms with E-state index in [1.807, 2.05) is 12.1 Å². The van der Waals surface area contributed by atoms with Crippen molar-refractivity contribution in [1.82, 2.24) is 0 Å². The molecule has 0 atom stereocenters. The zero-order valence-corrected chi connectivity index (χ0v) is 10.4. The molecule has 0 saturated carbocycles. The van der Waals surface area contributed by atoms with E-state index in [2.05, 4.69) is 56.0 Å². The van der Waals surface area contributed by atoms with Crippen molar-refractivity contribution in [1.29, 1.82) is 0 Å². The number of rotatable bonds is 3. The Morgan fingerprint density at radius 1 is 0.875 bits per heavy atom. The molecule has 2 aromatic carbocycles. The van der Waals surface area contributed by atoms with Gasteiger partial charge in [0.05, 0.1) is 0 Å². The third kappa shape index (κ3) is 2.89. The monoisotopic (exact) mass is 228 g/mol. The van der Waals surface area contributed by atoms with Crippen LogP contribution in [-0.4, -0.2) is 0 Å². The fourth-order valence-corrected chi connectivity index (χ4v) is 2.03. The highest BCUT2D eigenvalue weighted by Crippen LogP contribution is 2.15. The molecule has 0 aliphatic carbocycles. The molecule has 0 amide bonds. The Bertz CT molecular complexity index is 457. The molecule has 2 rings (SSSR count). The molecule has 0 fully saturated rings. The second kappa shape index (κ2) is 5.22. The molecule has 1 heteroatoms. The van der Waals surface area contributed by atoms with E-state index in [9.17, 15) is 0 Å². The van der Waals surface area contributed by atoms with Crippen molar-refractivity contribution in [3.05, 3.63) is 65.2 Å². The number of thiol groups is 1. The zero-order chi connectivity index (χ0) is 11.4. The van der Waals surface area contributed by atoms with Gasteiger partial charge in [-0.2, -0.15) is 0 Å². The summed E-state index contributed by atoms with van der Waals surface area (Å²) in [4.78, 5) is 1.09. The van der Waals surface area contributed by atoms with Crippen LogP contribution in [0.25, 0.3) is 0 Å². The summed E-state index contributed by atoms with van der Waals surface area (Å²) in [5, 5.41) is 0. The van der Waals surface area contributed by atoms with E-state index in [4.69, 9.17) is 0 Å². The Kier molecular flexibility index (Phi) is 3.68. The molecular formula is C15H16S. The second-order valence-electron chi connectivity index (χ2n) is 4.11. The van der Waals surface area contributed by atoms with Crippen LogP contribution in [0.3, 0.4) is 0 Å². The lowest BCUT2D eigenvalue weighted by Gasteiger charge is -2.05. The van der Waals surface area contributed by atoms with Crippen LogP contribution in [0.5, 0.6) is 0 Å². The highest BCUT2D eigenvalue weighted by atomic mass is 32.1. The maximum absolute atomic E-state index is 4.46. The average Bonchev–Trinajstić information content (AvgIpc) is 2.30. The van der Waals surface area contributed by atoms with Crippen molar-refractivity contribution in [3.8, 4) is 0 Å². The number of hydrogen-bond donors (Lipinski definition) is 1. The fourth-order valence-electron chi connectivity index (χ4n) is 1.76. The summed E-state index contributed by atoms with van der Waals surface area (Å²) in [5.41, 5.74) is 4.03. The van der Waals surface area contributed by atoms with Gasteiger partial charge in [0.2, 0.25) is 0 Å². The fraction of sp³-hybridized carbons (Fsp3) is 0.200. The van der Waals surface area contributed by atoms with Crippen molar-refractivity contribution in [2.75, 3.05) is 0 Å². The summed E-state index contributed by atoms with van der Waals surface area (Å²) >= 11 is 4.46. The summed E-state index contributed by atoms with van der Waals surface area (Å²) in [6.07, 6.45) is 2.14. The van der Waals surface area contributed by atoms with Gasteiger partial charge in [-0.15, -0.1) is 12.6 Å². The molecule has 0 unspecified atom stereocenters. The predicted molar refractivity (Wildman–Crippen MR) is 72.3 cm³/mol. The lowest BCUT2D eigenvalue weighted by atomic mass is 10.0. The maximum Gasteiger partial charge on any atom is 0.00721 e. The van der Waals surface area contributed by atoms with Crippen LogP contribution in [-0.2, 0) is 12.8 Å². The van der Waals surface area contributed by atoms with Crippen molar-refractivity contribution < 1.29 is 0 Å². The van der Waals surface area contributed by atoms with E-state index in [-0.39, 0.29) is 0 Å². The molecule has 0 aliphatic rings. The number of hydrogen-bond acceptors (Lipinski definition) is 1. The summed E-state index contributed by atoms with van der Waals surface area (Å²) in [6.45, 7) is 2.12. The first-order valence-corrected chi connectivity index (χ1v) is 6.03. The molecule has 0 N–H and O–H groups in total. The van der Waals surface area contributed by atoms with E-state index in [1.54, 1.807) is 0 Å². The van der Waals surface area contributed by atoms with Gasteiger partial charge in [0.1, 0.15) is 0 Å². The van der Waals surface area contributed by atoms with Crippen molar-refractivity contribution in [2.24, 2.45) is 0 Å². The molecule has 2 aromatic rings. The van der Waals surface area contributed by atoms with Gasteiger partial charge in [0.15, 0.2) is 0 Å². The molecule has 0 heterocycles. The van der Waals surface area contributed by atoms with Crippen LogP contribution in [0.1, 0.15) is 16.7 Å². The molecular weight excluding hydrogens is 212 g/mol. The van der Waals surface area contributed by atoms with Gasteiger partial charge >= 0.3 is 0 Å². The molecule has 0 aromatic heterocycles. The van der Waals surface area contributed by atoms with Crippen molar-refractivity contribution in [2.45, 2.75) is 24.7 Å². The van der Waals surface area contributed by atoms with Gasteiger partial charge in [-0.1, -0.05) is 48.0 Å². The van der Waals surface area contributed by atoms with Crippen LogP contribution in [0.2, 0.25) is 0 Å². The van der Waals surface area contributed by atoms with Crippen molar-refractivity contribution >= 4 is 12.6 Å². The minimum atomic E-state index is 1.06.